The van der Waals surface area contributed by atoms with Crippen LogP contribution in [0.2, 0.25) is 0 Å². The Balaban J connectivity index is 0.000000671. The van der Waals surface area contributed by atoms with E-state index in [9.17, 15) is 8.78 Å². The zero-order valence-electron chi connectivity index (χ0n) is 8.57. The van der Waals surface area contributed by atoms with Crippen molar-refractivity contribution in [2.45, 2.75) is 34.1 Å². The Morgan fingerprint density at radius 2 is 1.62 bits per heavy atom. The maximum absolute atomic E-state index is 12.2. The summed E-state index contributed by atoms with van der Waals surface area (Å²) in [5.74, 6) is 0. The van der Waals surface area contributed by atoms with Crippen molar-refractivity contribution in [3.8, 4) is 0 Å². The van der Waals surface area contributed by atoms with Crippen LogP contribution in [0.25, 0.3) is 0 Å². The summed E-state index contributed by atoms with van der Waals surface area (Å²) in [5.41, 5.74) is 1.82. The van der Waals surface area contributed by atoms with Crippen LogP contribution < -0.4 is 0 Å². The lowest BCUT2D eigenvalue weighted by Gasteiger charge is -2.04. The SMILES string of the molecule is CC.Cc1ccc(C(F)F)c(C)c1. The fourth-order valence-corrected chi connectivity index (χ4v) is 1.07. The summed E-state index contributed by atoms with van der Waals surface area (Å²) in [6.45, 7) is 7.59. The molecule has 0 N–H and O–H groups in total. The lowest BCUT2D eigenvalue weighted by Crippen LogP contribution is -1.89. The minimum absolute atomic E-state index is 0.135. The number of hydrogen-bond donors (Lipinski definition) is 0. The molecule has 0 radical (unpaired) electrons. The van der Waals surface area contributed by atoms with Crippen LogP contribution in [0.1, 0.15) is 37.0 Å². The number of aryl methyl sites for hydroxylation is 2. The van der Waals surface area contributed by atoms with Gasteiger partial charge in [-0.25, -0.2) is 8.78 Å². The number of hydrogen-bond acceptors (Lipinski definition) is 0. The summed E-state index contributed by atoms with van der Waals surface area (Å²) in [4.78, 5) is 0. The summed E-state index contributed by atoms with van der Waals surface area (Å²) < 4.78 is 24.3. The Morgan fingerprint density at radius 3 is 2.00 bits per heavy atom. The van der Waals surface area contributed by atoms with E-state index in [2.05, 4.69) is 0 Å². The van der Waals surface area contributed by atoms with Crippen molar-refractivity contribution in [3.63, 3.8) is 0 Å². The molecule has 0 heterocycles. The lowest BCUT2D eigenvalue weighted by atomic mass is 10.1. The molecule has 0 saturated carbocycles. The van der Waals surface area contributed by atoms with Gasteiger partial charge in [0.25, 0.3) is 6.43 Å². The van der Waals surface area contributed by atoms with Crippen LogP contribution in [0.5, 0.6) is 0 Å². The maximum Gasteiger partial charge on any atom is 0.264 e. The number of benzene rings is 1. The predicted molar refractivity (Wildman–Crippen MR) is 52.2 cm³/mol. The van der Waals surface area contributed by atoms with E-state index in [0.717, 1.165) is 5.56 Å². The highest BCUT2D eigenvalue weighted by atomic mass is 19.3. The second kappa shape index (κ2) is 5.68. The van der Waals surface area contributed by atoms with Crippen LogP contribution in [0.15, 0.2) is 18.2 Å². The predicted octanol–water partition coefficient (Wildman–Crippen LogP) is 4.27. The zero-order valence-corrected chi connectivity index (χ0v) is 8.57. The van der Waals surface area contributed by atoms with E-state index in [1.807, 2.05) is 20.8 Å². The van der Waals surface area contributed by atoms with E-state index in [1.165, 1.54) is 6.07 Å². The van der Waals surface area contributed by atoms with Crippen molar-refractivity contribution in [2.75, 3.05) is 0 Å². The molecule has 0 aliphatic carbocycles. The monoisotopic (exact) mass is 186 g/mol. The van der Waals surface area contributed by atoms with Gasteiger partial charge in [-0.1, -0.05) is 37.6 Å². The highest BCUT2D eigenvalue weighted by Gasteiger charge is 2.08. The molecule has 13 heavy (non-hydrogen) atoms. The van der Waals surface area contributed by atoms with Crippen molar-refractivity contribution in [1.82, 2.24) is 0 Å². The number of rotatable bonds is 1. The van der Waals surface area contributed by atoms with Crippen LogP contribution in [0.4, 0.5) is 8.78 Å². The average Bonchev–Trinajstić information content (AvgIpc) is 2.07. The van der Waals surface area contributed by atoms with Gasteiger partial charge in [0.15, 0.2) is 0 Å². The molecule has 0 bridgehead atoms. The molecule has 0 fully saturated rings. The molecule has 0 amide bonds. The molecule has 2 heteroatoms. The first-order chi connectivity index (χ1) is 6.11. The van der Waals surface area contributed by atoms with E-state index in [-0.39, 0.29) is 5.56 Å². The van der Waals surface area contributed by atoms with Crippen molar-refractivity contribution in [3.05, 3.63) is 34.9 Å². The molecule has 0 unspecified atom stereocenters. The fourth-order valence-electron chi connectivity index (χ4n) is 1.07. The standard InChI is InChI=1S/C9H10F2.C2H6/c1-6-3-4-8(9(10)11)7(2)5-6;1-2/h3-5,9H,1-2H3;1-2H3. The van der Waals surface area contributed by atoms with E-state index >= 15 is 0 Å². The van der Waals surface area contributed by atoms with Gasteiger partial charge in [0.05, 0.1) is 0 Å². The molecule has 0 aliphatic heterocycles. The Kier molecular flexibility index (Phi) is 5.28. The molecule has 0 atom stereocenters. The molecule has 0 nitrogen and oxygen atoms in total. The first-order valence-corrected chi connectivity index (χ1v) is 4.46. The summed E-state index contributed by atoms with van der Waals surface area (Å²) >= 11 is 0. The molecule has 0 aromatic heterocycles. The van der Waals surface area contributed by atoms with Gasteiger partial charge in [-0.3, -0.25) is 0 Å². The third-order valence-corrected chi connectivity index (χ3v) is 1.66. The normalized spacial score (nSPS) is 9.46. The first-order valence-electron chi connectivity index (χ1n) is 4.46. The van der Waals surface area contributed by atoms with Gasteiger partial charge in [-0.15, -0.1) is 0 Å². The topological polar surface area (TPSA) is 0 Å². The van der Waals surface area contributed by atoms with Crippen molar-refractivity contribution >= 4 is 0 Å². The molecule has 1 aromatic rings. The minimum Gasteiger partial charge on any atom is -0.205 e. The number of halogens is 2. The van der Waals surface area contributed by atoms with E-state index in [1.54, 1.807) is 19.1 Å². The van der Waals surface area contributed by atoms with Crippen LogP contribution in [0, 0.1) is 13.8 Å². The van der Waals surface area contributed by atoms with Crippen molar-refractivity contribution < 1.29 is 8.78 Å². The lowest BCUT2D eigenvalue weighted by molar-refractivity contribution is 0.150. The quantitative estimate of drug-likeness (QED) is 0.614. The van der Waals surface area contributed by atoms with Crippen molar-refractivity contribution in [2.24, 2.45) is 0 Å². The van der Waals surface area contributed by atoms with Crippen LogP contribution >= 0.6 is 0 Å². The molecule has 0 aliphatic rings. The third-order valence-electron chi connectivity index (χ3n) is 1.66. The molecular weight excluding hydrogens is 170 g/mol. The van der Waals surface area contributed by atoms with E-state index in [4.69, 9.17) is 0 Å². The summed E-state index contributed by atoms with van der Waals surface area (Å²) in [6, 6.07) is 4.95. The second-order valence-electron chi connectivity index (χ2n) is 2.66. The van der Waals surface area contributed by atoms with Crippen LogP contribution in [-0.2, 0) is 0 Å². The minimum atomic E-state index is -2.35. The summed E-state index contributed by atoms with van der Waals surface area (Å²) in [6.07, 6.45) is -2.35. The third kappa shape index (κ3) is 3.53. The van der Waals surface area contributed by atoms with Gasteiger partial charge in [0, 0.05) is 5.56 Å². The first kappa shape index (κ1) is 12.1. The van der Waals surface area contributed by atoms with Crippen LogP contribution in [-0.4, -0.2) is 0 Å². The number of alkyl halides is 2. The summed E-state index contributed by atoms with van der Waals surface area (Å²) in [5, 5.41) is 0. The molecule has 1 rings (SSSR count). The van der Waals surface area contributed by atoms with E-state index in [0.29, 0.717) is 5.56 Å². The Hall–Kier alpha value is -0.920. The Labute approximate surface area is 78.6 Å². The molecule has 74 valence electrons. The molecule has 1 aromatic carbocycles. The highest BCUT2D eigenvalue weighted by molar-refractivity contribution is 5.30. The van der Waals surface area contributed by atoms with Gasteiger partial charge in [-0.2, -0.15) is 0 Å². The molecular formula is C11H16F2. The molecule has 0 spiro atoms. The smallest absolute Gasteiger partial charge is 0.205 e. The largest absolute Gasteiger partial charge is 0.264 e. The van der Waals surface area contributed by atoms with Gasteiger partial charge in [-0.05, 0) is 19.4 Å². The van der Waals surface area contributed by atoms with Gasteiger partial charge < -0.3 is 0 Å². The summed E-state index contributed by atoms with van der Waals surface area (Å²) in [7, 11) is 0. The van der Waals surface area contributed by atoms with Crippen LogP contribution in [0.3, 0.4) is 0 Å². The Morgan fingerprint density at radius 1 is 1.08 bits per heavy atom. The average molecular weight is 186 g/mol. The van der Waals surface area contributed by atoms with Gasteiger partial charge in [0.2, 0.25) is 0 Å². The van der Waals surface area contributed by atoms with Gasteiger partial charge >= 0.3 is 0 Å². The molecule has 0 saturated heterocycles. The van der Waals surface area contributed by atoms with Gasteiger partial charge in [0.1, 0.15) is 0 Å². The second-order valence-corrected chi connectivity index (χ2v) is 2.66. The Bertz CT molecular complexity index is 254. The maximum atomic E-state index is 12.2. The van der Waals surface area contributed by atoms with E-state index < -0.39 is 6.43 Å². The highest BCUT2D eigenvalue weighted by Crippen LogP contribution is 2.22. The van der Waals surface area contributed by atoms with Crippen molar-refractivity contribution in [1.29, 1.82) is 0 Å². The zero-order chi connectivity index (χ0) is 10.4. The fraction of sp³-hybridized carbons (Fsp3) is 0.455.